The molecule has 1 saturated heterocycles. The Balaban J connectivity index is 1.52. The lowest BCUT2D eigenvalue weighted by Gasteiger charge is -2.34. The molecular formula is C28H30F3N5O3S. The Labute approximate surface area is 234 Å². The number of nitrogens with zero attached hydrogens (tertiary/aromatic N) is 4. The van der Waals surface area contributed by atoms with E-state index in [-0.39, 0.29) is 30.0 Å². The first-order valence-electron chi connectivity index (χ1n) is 12.9. The third-order valence-corrected chi connectivity index (χ3v) is 7.57. The normalized spacial score (nSPS) is 14.7. The number of nitrogens with one attached hydrogen (secondary N) is 1. The molecule has 0 spiro atoms. The fraction of sp³-hybridized carbons (Fsp3) is 0.357. The minimum Gasteiger partial charge on any atom is -0.489 e. The number of thiophene rings is 1. The highest BCUT2D eigenvalue weighted by atomic mass is 32.1. The summed E-state index contributed by atoms with van der Waals surface area (Å²) in [5, 5.41) is 13.3. The molecule has 1 fully saturated rings. The molecule has 0 bridgehead atoms. The van der Waals surface area contributed by atoms with Crippen molar-refractivity contribution in [1.29, 1.82) is 0 Å². The molecule has 2 aromatic heterocycles. The van der Waals surface area contributed by atoms with E-state index in [1.54, 1.807) is 12.3 Å². The first-order valence-corrected chi connectivity index (χ1v) is 13.7. The number of likely N-dealkylation sites (N-methyl/N-ethyl adjacent to an activating group) is 1. The second kappa shape index (κ2) is 11.5. The molecule has 2 N–H and O–H groups in total. The van der Waals surface area contributed by atoms with Crippen LogP contribution in [-0.4, -0.2) is 65.7 Å². The molecule has 12 heteroatoms. The van der Waals surface area contributed by atoms with Crippen molar-refractivity contribution < 1.29 is 27.8 Å². The largest absolute Gasteiger partial charge is 0.573 e. The van der Waals surface area contributed by atoms with E-state index in [1.165, 1.54) is 29.5 Å². The molecular weight excluding hydrogens is 543 g/mol. The van der Waals surface area contributed by atoms with Crippen molar-refractivity contribution in [2.75, 3.05) is 43.4 Å². The number of alkyl halides is 3. The van der Waals surface area contributed by atoms with Gasteiger partial charge < -0.3 is 29.7 Å². The minimum atomic E-state index is -4.87. The SMILES string of the molecule is CC(C)Oc1cc(N2CCN(C)CC2)ccc1Nc1ncc2sc(CO)c(-c3ccccc3OC(F)(F)F)c2n1. The van der Waals surface area contributed by atoms with Gasteiger partial charge in [0.1, 0.15) is 11.5 Å². The molecule has 0 unspecified atom stereocenters. The van der Waals surface area contributed by atoms with Gasteiger partial charge in [0.25, 0.3) is 0 Å². The molecule has 40 heavy (non-hydrogen) atoms. The van der Waals surface area contributed by atoms with E-state index in [2.05, 4.69) is 36.9 Å². The van der Waals surface area contributed by atoms with Crippen molar-refractivity contribution in [2.45, 2.75) is 32.9 Å². The number of anilines is 3. The van der Waals surface area contributed by atoms with E-state index in [1.807, 2.05) is 32.0 Å². The van der Waals surface area contributed by atoms with Crippen LogP contribution >= 0.6 is 11.3 Å². The van der Waals surface area contributed by atoms with Crippen molar-refractivity contribution in [3.63, 3.8) is 0 Å². The Bertz CT molecular complexity index is 1490. The van der Waals surface area contributed by atoms with Crippen LogP contribution in [0.5, 0.6) is 11.5 Å². The summed E-state index contributed by atoms with van der Waals surface area (Å²) in [5.41, 5.74) is 2.67. The molecule has 0 saturated carbocycles. The lowest BCUT2D eigenvalue weighted by atomic mass is 10.0. The van der Waals surface area contributed by atoms with E-state index in [4.69, 9.17) is 4.74 Å². The number of fused-ring (bicyclic) bond motifs is 1. The average molecular weight is 574 g/mol. The van der Waals surface area contributed by atoms with Crippen molar-refractivity contribution in [3.05, 3.63) is 53.5 Å². The van der Waals surface area contributed by atoms with Gasteiger partial charge in [0.15, 0.2) is 0 Å². The van der Waals surface area contributed by atoms with Gasteiger partial charge in [-0.1, -0.05) is 18.2 Å². The van der Waals surface area contributed by atoms with Crippen LogP contribution in [0.3, 0.4) is 0 Å². The number of rotatable bonds is 8. The van der Waals surface area contributed by atoms with Gasteiger partial charge in [-0.3, -0.25) is 0 Å². The fourth-order valence-corrected chi connectivity index (χ4v) is 5.61. The number of hydrogen-bond donors (Lipinski definition) is 2. The molecule has 0 amide bonds. The summed E-state index contributed by atoms with van der Waals surface area (Å²) in [6.07, 6.45) is -3.36. The number of aliphatic hydroxyl groups excluding tert-OH is 1. The summed E-state index contributed by atoms with van der Waals surface area (Å²) in [4.78, 5) is 14.2. The zero-order chi connectivity index (χ0) is 28.4. The topological polar surface area (TPSA) is 83.0 Å². The monoisotopic (exact) mass is 573 g/mol. The summed E-state index contributed by atoms with van der Waals surface area (Å²) in [6.45, 7) is 7.30. The zero-order valence-corrected chi connectivity index (χ0v) is 23.1. The highest BCUT2D eigenvalue weighted by Gasteiger charge is 2.33. The lowest BCUT2D eigenvalue weighted by molar-refractivity contribution is -0.274. The molecule has 0 aliphatic carbocycles. The Hall–Kier alpha value is -3.61. The third-order valence-electron chi connectivity index (χ3n) is 6.47. The van der Waals surface area contributed by atoms with E-state index >= 15 is 0 Å². The van der Waals surface area contributed by atoms with Gasteiger partial charge in [-0.05, 0) is 39.1 Å². The van der Waals surface area contributed by atoms with Crippen LogP contribution in [0.4, 0.5) is 30.5 Å². The average Bonchev–Trinajstić information content (AvgIpc) is 3.27. The summed E-state index contributed by atoms with van der Waals surface area (Å²) in [5.74, 6) is 0.511. The van der Waals surface area contributed by atoms with E-state index in [9.17, 15) is 18.3 Å². The maximum Gasteiger partial charge on any atom is 0.573 e. The summed E-state index contributed by atoms with van der Waals surface area (Å²) in [7, 11) is 2.11. The Kier molecular flexibility index (Phi) is 8.02. The van der Waals surface area contributed by atoms with Crippen LogP contribution in [0, 0.1) is 0 Å². The number of benzene rings is 2. The number of aromatic nitrogens is 2. The van der Waals surface area contributed by atoms with E-state index < -0.39 is 6.36 Å². The maximum atomic E-state index is 13.1. The fourth-order valence-electron chi connectivity index (χ4n) is 4.62. The molecule has 0 atom stereocenters. The molecule has 8 nitrogen and oxygen atoms in total. The molecule has 0 radical (unpaired) electrons. The molecule has 212 valence electrons. The van der Waals surface area contributed by atoms with Crippen molar-refractivity contribution in [2.24, 2.45) is 0 Å². The van der Waals surface area contributed by atoms with Crippen LogP contribution in [-0.2, 0) is 6.61 Å². The van der Waals surface area contributed by atoms with E-state index in [0.29, 0.717) is 32.1 Å². The van der Waals surface area contributed by atoms with Crippen LogP contribution in [0.2, 0.25) is 0 Å². The van der Waals surface area contributed by atoms with Gasteiger partial charge in [-0.15, -0.1) is 24.5 Å². The summed E-state index contributed by atoms with van der Waals surface area (Å²) < 4.78 is 50.4. The first-order chi connectivity index (χ1) is 19.1. The van der Waals surface area contributed by atoms with Gasteiger partial charge in [0.05, 0.1) is 34.8 Å². The minimum absolute atomic E-state index is 0.0765. The van der Waals surface area contributed by atoms with Crippen LogP contribution in [0.25, 0.3) is 21.3 Å². The molecule has 5 rings (SSSR count). The zero-order valence-electron chi connectivity index (χ0n) is 22.3. The number of aliphatic hydroxyl groups is 1. The summed E-state index contributed by atoms with van der Waals surface area (Å²) in [6, 6.07) is 11.8. The van der Waals surface area contributed by atoms with Crippen molar-refractivity contribution in [1.82, 2.24) is 14.9 Å². The van der Waals surface area contributed by atoms with Gasteiger partial charge >= 0.3 is 6.36 Å². The lowest BCUT2D eigenvalue weighted by Crippen LogP contribution is -2.44. The molecule has 3 heterocycles. The van der Waals surface area contributed by atoms with Gasteiger partial charge in [-0.25, -0.2) is 9.97 Å². The predicted octanol–water partition coefficient (Wildman–Crippen LogP) is 6.03. The summed E-state index contributed by atoms with van der Waals surface area (Å²) >= 11 is 1.22. The van der Waals surface area contributed by atoms with Gasteiger partial charge in [0, 0.05) is 53.9 Å². The molecule has 1 aliphatic rings. The highest BCUT2D eigenvalue weighted by Crippen LogP contribution is 2.43. The molecule has 4 aromatic rings. The van der Waals surface area contributed by atoms with Crippen LogP contribution in [0.1, 0.15) is 18.7 Å². The van der Waals surface area contributed by atoms with Gasteiger partial charge in [-0.2, -0.15) is 0 Å². The van der Waals surface area contributed by atoms with Crippen LogP contribution in [0.15, 0.2) is 48.7 Å². The molecule has 1 aliphatic heterocycles. The van der Waals surface area contributed by atoms with Gasteiger partial charge in [0.2, 0.25) is 5.95 Å². The number of ether oxygens (including phenoxy) is 2. The number of hydrogen-bond acceptors (Lipinski definition) is 9. The Morgan fingerprint density at radius 3 is 2.52 bits per heavy atom. The second-order valence-corrected chi connectivity index (χ2v) is 10.9. The standard InChI is InChI=1S/C28H30F3N5O3S/c1-17(2)38-22-14-18(36-12-10-35(3)11-13-36)8-9-20(22)33-27-32-15-23-26(34-27)25(24(16-37)40-23)19-6-4-5-7-21(19)39-28(29,30)31/h4-9,14-15,17,37H,10-13,16H2,1-3H3,(H,32,33,34). The maximum absolute atomic E-state index is 13.1. The molecule has 2 aromatic carbocycles. The predicted molar refractivity (Wildman–Crippen MR) is 151 cm³/mol. The Morgan fingerprint density at radius 1 is 1.07 bits per heavy atom. The number of piperazine rings is 1. The number of para-hydroxylation sites is 1. The Morgan fingerprint density at radius 2 is 1.82 bits per heavy atom. The van der Waals surface area contributed by atoms with E-state index in [0.717, 1.165) is 31.9 Å². The highest BCUT2D eigenvalue weighted by molar-refractivity contribution is 7.19. The third kappa shape index (κ3) is 6.24. The van der Waals surface area contributed by atoms with Crippen LogP contribution < -0.4 is 19.7 Å². The quantitative estimate of drug-likeness (QED) is 0.264. The van der Waals surface area contributed by atoms with Crippen molar-refractivity contribution in [3.8, 4) is 22.6 Å². The second-order valence-electron chi connectivity index (χ2n) is 9.77. The smallest absolute Gasteiger partial charge is 0.489 e. The first kappa shape index (κ1) is 27.9. The number of halogens is 3. The van der Waals surface area contributed by atoms with Crippen molar-refractivity contribution >= 4 is 38.9 Å².